The van der Waals surface area contributed by atoms with Crippen molar-refractivity contribution in [2.75, 3.05) is 0 Å². The normalized spacial score (nSPS) is 12.8. The van der Waals surface area contributed by atoms with E-state index in [1.807, 2.05) is 61.5 Å². The van der Waals surface area contributed by atoms with Gasteiger partial charge in [-0.3, -0.25) is 0 Å². The number of carbonyl (C=O) groups is 1. The maximum Gasteiger partial charge on any atom is 0.363 e. The summed E-state index contributed by atoms with van der Waals surface area (Å²) < 4.78 is 0.651. The Labute approximate surface area is 184 Å². The van der Waals surface area contributed by atoms with Gasteiger partial charge in [-0.05, 0) is 35.7 Å². The number of alkyl halides is 1. The quantitative estimate of drug-likeness (QED) is 0.343. The number of nitrogens with zero attached hydrogens (tertiary/aromatic N) is 1. The number of aromatic nitrogens is 1. The minimum Gasteiger partial charge on any atom is -0.492 e. The molecule has 0 amide bonds. The minimum absolute atomic E-state index is 0.243. The van der Waals surface area contributed by atoms with E-state index < -0.39 is 10.8 Å². The van der Waals surface area contributed by atoms with Crippen molar-refractivity contribution < 1.29 is 19.8 Å². The topological polar surface area (TPSA) is 71.7 Å². The maximum absolute atomic E-state index is 12.5. The molecule has 4 aromatic rings. The van der Waals surface area contributed by atoms with Crippen LogP contribution < -0.4 is 4.84 Å². The van der Waals surface area contributed by atoms with Gasteiger partial charge in [-0.2, -0.15) is 0 Å². The van der Waals surface area contributed by atoms with Crippen molar-refractivity contribution in [2.24, 2.45) is 0 Å². The van der Waals surface area contributed by atoms with Gasteiger partial charge in [0.05, 0.1) is 5.56 Å². The van der Waals surface area contributed by atoms with Crippen LogP contribution in [0.25, 0.3) is 0 Å². The van der Waals surface area contributed by atoms with Crippen LogP contribution in [0.4, 0.5) is 0 Å². The molecule has 0 bridgehead atoms. The van der Waals surface area contributed by atoms with Crippen molar-refractivity contribution >= 4 is 17.6 Å². The van der Waals surface area contributed by atoms with Crippen molar-refractivity contribution in [1.82, 2.24) is 4.73 Å². The second kappa shape index (κ2) is 8.20. The van der Waals surface area contributed by atoms with Crippen LogP contribution in [0.15, 0.2) is 91.0 Å². The molecule has 31 heavy (non-hydrogen) atoms. The minimum atomic E-state index is -0.950. The molecule has 1 unspecified atom stereocenters. The van der Waals surface area contributed by atoms with Gasteiger partial charge in [0.15, 0.2) is 0 Å². The van der Waals surface area contributed by atoms with Crippen LogP contribution in [-0.2, 0) is 4.87 Å². The predicted octanol–water partition coefficient (Wildman–Crippen LogP) is 5.01. The number of aromatic hydroxyl groups is 2. The Kier molecular flexibility index (Phi) is 5.44. The summed E-state index contributed by atoms with van der Waals surface area (Å²) in [4.78, 5) is 16.6. The van der Waals surface area contributed by atoms with Crippen molar-refractivity contribution in [3.05, 3.63) is 119 Å². The zero-order chi connectivity index (χ0) is 22.0. The van der Waals surface area contributed by atoms with E-state index in [1.54, 1.807) is 24.3 Å². The summed E-state index contributed by atoms with van der Waals surface area (Å²) >= 11 is 7.27. The standard InChI is InChI=1S/C25H20ClNO4/c1-17-7-11-20(12-8-17)25(26,19-5-3-2-4-6-19)21-13-9-18(10-14-21)24(30)31-27-22(28)15-16-23(27)29/h2-16,28-29H,1H3. The lowest BCUT2D eigenvalue weighted by molar-refractivity contribution is 0.0381. The van der Waals surface area contributed by atoms with Gasteiger partial charge in [0.2, 0.25) is 11.8 Å². The fraction of sp³-hybridized carbons (Fsp3) is 0.0800. The molecule has 1 atom stereocenters. The third-order valence-electron chi connectivity index (χ3n) is 5.11. The molecule has 6 heteroatoms. The third kappa shape index (κ3) is 3.88. The van der Waals surface area contributed by atoms with E-state index >= 15 is 0 Å². The average molecular weight is 434 g/mol. The lowest BCUT2D eigenvalue weighted by atomic mass is 9.83. The lowest BCUT2D eigenvalue weighted by Gasteiger charge is -2.29. The Morgan fingerprint density at radius 2 is 1.26 bits per heavy atom. The molecule has 0 aliphatic heterocycles. The van der Waals surface area contributed by atoms with Crippen LogP contribution in [0.1, 0.15) is 32.6 Å². The van der Waals surface area contributed by atoms with Gasteiger partial charge < -0.3 is 15.1 Å². The van der Waals surface area contributed by atoms with Gasteiger partial charge >= 0.3 is 5.97 Å². The molecule has 0 aliphatic carbocycles. The fourth-order valence-electron chi connectivity index (χ4n) is 3.42. The van der Waals surface area contributed by atoms with Gasteiger partial charge in [0.1, 0.15) is 4.87 Å². The molecule has 0 spiro atoms. The van der Waals surface area contributed by atoms with Crippen molar-refractivity contribution in [1.29, 1.82) is 0 Å². The molecule has 3 aromatic carbocycles. The van der Waals surface area contributed by atoms with E-state index in [0.29, 0.717) is 4.73 Å². The highest BCUT2D eigenvalue weighted by Crippen LogP contribution is 2.43. The molecule has 0 saturated heterocycles. The van der Waals surface area contributed by atoms with Crippen molar-refractivity contribution in [3.63, 3.8) is 0 Å². The Bertz CT molecular complexity index is 1180. The van der Waals surface area contributed by atoms with Gasteiger partial charge in [0, 0.05) is 12.1 Å². The molecule has 0 saturated carbocycles. The van der Waals surface area contributed by atoms with Gasteiger partial charge in [-0.15, -0.1) is 16.3 Å². The van der Waals surface area contributed by atoms with Gasteiger partial charge in [0.25, 0.3) is 0 Å². The molecule has 0 aliphatic rings. The summed E-state index contributed by atoms with van der Waals surface area (Å²) in [6.45, 7) is 2.02. The second-order valence-corrected chi connectivity index (χ2v) is 7.76. The van der Waals surface area contributed by atoms with Crippen LogP contribution in [0.3, 0.4) is 0 Å². The molecule has 4 rings (SSSR count). The second-order valence-electron chi connectivity index (χ2n) is 7.19. The van der Waals surface area contributed by atoms with E-state index in [2.05, 4.69) is 0 Å². The number of halogens is 1. The fourth-order valence-corrected chi connectivity index (χ4v) is 3.80. The SMILES string of the molecule is Cc1ccc(C(Cl)(c2ccccc2)c2ccc(C(=O)On3c(O)ccc3O)cc2)cc1. The van der Waals surface area contributed by atoms with E-state index in [9.17, 15) is 15.0 Å². The summed E-state index contributed by atoms with van der Waals surface area (Å²) in [5.41, 5.74) is 3.96. The third-order valence-corrected chi connectivity index (χ3v) is 5.77. The van der Waals surface area contributed by atoms with Crippen LogP contribution >= 0.6 is 11.6 Å². The van der Waals surface area contributed by atoms with E-state index in [1.165, 1.54) is 12.1 Å². The first-order valence-electron chi connectivity index (χ1n) is 9.64. The molecule has 0 radical (unpaired) electrons. The monoisotopic (exact) mass is 433 g/mol. The zero-order valence-electron chi connectivity index (χ0n) is 16.7. The molecule has 0 fully saturated rings. The molecule has 156 valence electrons. The highest BCUT2D eigenvalue weighted by molar-refractivity contribution is 6.28. The van der Waals surface area contributed by atoms with Crippen LogP contribution in [0.2, 0.25) is 0 Å². The first-order chi connectivity index (χ1) is 14.9. The molecule has 1 aromatic heterocycles. The first-order valence-corrected chi connectivity index (χ1v) is 10.0. The Balaban J connectivity index is 1.70. The first kappa shape index (κ1) is 20.6. The van der Waals surface area contributed by atoms with Crippen LogP contribution in [-0.4, -0.2) is 20.9 Å². The average Bonchev–Trinajstić information content (AvgIpc) is 3.11. The Morgan fingerprint density at radius 3 is 1.81 bits per heavy atom. The van der Waals surface area contributed by atoms with Crippen molar-refractivity contribution in [3.8, 4) is 11.8 Å². The summed E-state index contributed by atoms with van der Waals surface area (Å²) in [5, 5.41) is 19.3. The molecule has 5 nitrogen and oxygen atoms in total. The number of aryl methyl sites for hydroxylation is 1. The molecular weight excluding hydrogens is 414 g/mol. The highest BCUT2D eigenvalue weighted by atomic mass is 35.5. The summed E-state index contributed by atoms with van der Waals surface area (Å²) in [6, 6.07) is 26.9. The number of benzene rings is 3. The Hall–Kier alpha value is -3.70. The van der Waals surface area contributed by atoms with Gasteiger partial charge in [-0.25, -0.2) is 4.79 Å². The van der Waals surface area contributed by atoms with Gasteiger partial charge in [-0.1, -0.05) is 72.3 Å². The zero-order valence-corrected chi connectivity index (χ0v) is 17.5. The smallest absolute Gasteiger partial charge is 0.363 e. The molecule has 2 N–H and O–H groups in total. The van der Waals surface area contributed by atoms with Crippen molar-refractivity contribution in [2.45, 2.75) is 11.8 Å². The summed E-state index contributed by atoms with van der Waals surface area (Å²) in [6.07, 6.45) is 0. The molecular formula is C25H20ClNO4. The Morgan fingerprint density at radius 1 is 0.774 bits per heavy atom. The molecule has 1 heterocycles. The number of carbonyl (C=O) groups excluding carboxylic acids is 1. The summed E-state index contributed by atoms with van der Waals surface area (Å²) in [7, 11) is 0. The largest absolute Gasteiger partial charge is 0.492 e. The highest BCUT2D eigenvalue weighted by Gasteiger charge is 2.34. The number of rotatable bonds is 5. The maximum atomic E-state index is 12.5. The number of hydrogen-bond acceptors (Lipinski definition) is 4. The van der Waals surface area contributed by atoms with Crippen LogP contribution in [0.5, 0.6) is 11.8 Å². The van der Waals surface area contributed by atoms with E-state index in [-0.39, 0.29) is 17.3 Å². The van der Waals surface area contributed by atoms with E-state index in [4.69, 9.17) is 16.4 Å². The lowest BCUT2D eigenvalue weighted by Crippen LogP contribution is -2.23. The van der Waals surface area contributed by atoms with Crippen LogP contribution in [0, 0.1) is 6.92 Å². The summed E-state index contributed by atoms with van der Waals surface area (Å²) in [5.74, 6) is -1.50. The van der Waals surface area contributed by atoms with E-state index in [0.717, 1.165) is 22.3 Å². The number of hydrogen-bond donors (Lipinski definition) is 2. The predicted molar refractivity (Wildman–Crippen MR) is 118 cm³/mol.